The van der Waals surface area contributed by atoms with E-state index in [9.17, 15) is 4.79 Å². The minimum Gasteiger partial charge on any atom is -0.488 e. The summed E-state index contributed by atoms with van der Waals surface area (Å²) in [6, 6.07) is 5.80. The maximum atomic E-state index is 11.3. The van der Waals surface area contributed by atoms with Crippen molar-refractivity contribution in [3.63, 3.8) is 0 Å². The van der Waals surface area contributed by atoms with Gasteiger partial charge in [0.25, 0.3) is 0 Å². The van der Waals surface area contributed by atoms with E-state index in [1.165, 1.54) is 0 Å². The number of carbonyl (C=O) groups excluding carboxylic acids is 1. The summed E-state index contributed by atoms with van der Waals surface area (Å²) in [6.07, 6.45) is 2.24. The molecule has 1 amide bonds. The van der Waals surface area contributed by atoms with Crippen LogP contribution in [0.25, 0.3) is 0 Å². The van der Waals surface area contributed by atoms with Crippen molar-refractivity contribution in [3.05, 3.63) is 41.4 Å². The van der Waals surface area contributed by atoms with E-state index in [4.69, 9.17) is 16.3 Å². The first-order chi connectivity index (χ1) is 9.69. The Labute approximate surface area is 124 Å². The van der Waals surface area contributed by atoms with E-state index in [0.717, 1.165) is 25.2 Å². The second-order valence-corrected chi connectivity index (χ2v) is 5.15. The van der Waals surface area contributed by atoms with Gasteiger partial charge in [-0.3, -0.25) is 9.69 Å². The largest absolute Gasteiger partial charge is 0.488 e. The van der Waals surface area contributed by atoms with Gasteiger partial charge >= 0.3 is 0 Å². The molecule has 5 heteroatoms. The SMILES string of the molecule is C=CCOc1ccc(CN2CCNC(=O)CC2)cc1Cl. The van der Waals surface area contributed by atoms with Crippen LogP contribution in [0.3, 0.4) is 0 Å². The smallest absolute Gasteiger partial charge is 0.221 e. The van der Waals surface area contributed by atoms with Crippen LogP contribution in [0.1, 0.15) is 12.0 Å². The van der Waals surface area contributed by atoms with E-state index in [-0.39, 0.29) is 5.91 Å². The third-order valence-electron chi connectivity index (χ3n) is 3.16. The van der Waals surface area contributed by atoms with Gasteiger partial charge in [-0.2, -0.15) is 0 Å². The van der Waals surface area contributed by atoms with Crippen LogP contribution < -0.4 is 10.1 Å². The molecule has 1 N–H and O–H groups in total. The number of hydrogen-bond acceptors (Lipinski definition) is 3. The Morgan fingerprint density at radius 3 is 3.05 bits per heavy atom. The van der Waals surface area contributed by atoms with Gasteiger partial charge in [0.15, 0.2) is 0 Å². The molecule has 1 saturated heterocycles. The molecular weight excluding hydrogens is 276 g/mol. The maximum Gasteiger partial charge on any atom is 0.221 e. The molecule has 0 aliphatic carbocycles. The van der Waals surface area contributed by atoms with Crippen molar-refractivity contribution in [1.82, 2.24) is 10.2 Å². The second kappa shape index (κ2) is 7.31. The molecule has 0 saturated carbocycles. The van der Waals surface area contributed by atoms with Gasteiger partial charge < -0.3 is 10.1 Å². The van der Waals surface area contributed by atoms with E-state index in [0.29, 0.717) is 30.3 Å². The summed E-state index contributed by atoms with van der Waals surface area (Å²) in [5.41, 5.74) is 1.12. The highest BCUT2D eigenvalue weighted by Gasteiger charge is 2.14. The molecule has 1 aromatic rings. The van der Waals surface area contributed by atoms with Crippen LogP contribution in [0.2, 0.25) is 5.02 Å². The Bertz CT molecular complexity index is 491. The first-order valence-corrected chi connectivity index (χ1v) is 7.08. The van der Waals surface area contributed by atoms with Crippen molar-refractivity contribution in [1.29, 1.82) is 0 Å². The molecule has 0 atom stereocenters. The standard InChI is InChI=1S/C15H19ClN2O2/c1-2-9-20-14-4-3-12(10-13(14)16)11-18-7-5-15(19)17-6-8-18/h2-4,10H,1,5-9,11H2,(H,17,19). The molecular formula is C15H19ClN2O2. The zero-order chi connectivity index (χ0) is 14.4. The lowest BCUT2D eigenvalue weighted by molar-refractivity contribution is -0.120. The number of halogens is 1. The highest BCUT2D eigenvalue weighted by molar-refractivity contribution is 6.32. The topological polar surface area (TPSA) is 41.6 Å². The number of amides is 1. The lowest BCUT2D eigenvalue weighted by Gasteiger charge is -2.19. The summed E-state index contributed by atoms with van der Waals surface area (Å²) in [6.45, 7) is 7.18. The molecule has 0 spiro atoms. The molecule has 4 nitrogen and oxygen atoms in total. The number of benzene rings is 1. The fourth-order valence-corrected chi connectivity index (χ4v) is 2.40. The molecule has 0 unspecified atom stereocenters. The Balaban J connectivity index is 1.97. The molecule has 1 aliphatic heterocycles. The Hall–Kier alpha value is -1.52. The van der Waals surface area contributed by atoms with E-state index in [2.05, 4.69) is 16.8 Å². The molecule has 1 aliphatic rings. The van der Waals surface area contributed by atoms with Gasteiger partial charge in [0.1, 0.15) is 12.4 Å². The molecule has 0 radical (unpaired) electrons. The first-order valence-electron chi connectivity index (χ1n) is 6.70. The number of nitrogens with zero attached hydrogens (tertiary/aromatic N) is 1. The summed E-state index contributed by atoms with van der Waals surface area (Å²) in [5.74, 6) is 0.793. The quantitative estimate of drug-likeness (QED) is 0.847. The van der Waals surface area contributed by atoms with E-state index in [1.807, 2.05) is 18.2 Å². The van der Waals surface area contributed by atoms with Crippen molar-refractivity contribution < 1.29 is 9.53 Å². The summed E-state index contributed by atoms with van der Waals surface area (Å²) >= 11 is 6.19. The van der Waals surface area contributed by atoms with Gasteiger partial charge in [-0.05, 0) is 17.7 Å². The lowest BCUT2D eigenvalue weighted by Crippen LogP contribution is -2.28. The van der Waals surface area contributed by atoms with Gasteiger partial charge in [0, 0.05) is 32.6 Å². The van der Waals surface area contributed by atoms with Crippen molar-refractivity contribution >= 4 is 17.5 Å². The maximum absolute atomic E-state index is 11.3. The molecule has 1 aromatic carbocycles. The third-order valence-corrected chi connectivity index (χ3v) is 3.46. The summed E-state index contributed by atoms with van der Waals surface area (Å²) < 4.78 is 5.45. The average Bonchev–Trinajstić information content (AvgIpc) is 2.63. The minimum absolute atomic E-state index is 0.124. The van der Waals surface area contributed by atoms with Gasteiger partial charge in [-0.1, -0.05) is 30.3 Å². The van der Waals surface area contributed by atoms with E-state index in [1.54, 1.807) is 6.08 Å². The third kappa shape index (κ3) is 4.25. The number of carbonyl (C=O) groups is 1. The molecule has 108 valence electrons. The van der Waals surface area contributed by atoms with Crippen LogP contribution in [0.5, 0.6) is 5.75 Å². The molecule has 0 aromatic heterocycles. The van der Waals surface area contributed by atoms with Gasteiger partial charge in [0.2, 0.25) is 5.91 Å². The number of ether oxygens (including phenoxy) is 1. The Morgan fingerprint density at radius 1 is 1.45 bits per heavy atom. The van der Waals surface area contributed by atoms with Crippen LogP contribution in [0, 0.1) is 0 Å². The predicted octanol–water partition coefficient (Wildman–Crippen LogP) is 2.23. The highest BCUT2D eigenvalue weighted by atomic mass is 35.5. The lowest BCUT2D eigenvalue weighted by atomic mass is 10.2. The highest BCUT2D eigenvalue weighted by Crippen LogP contribution is 2.26. The van der Waals surface area contributed by atoms with Crippen molar-refractivity contribution in [3.8, 4) is 5.75 Å². The van der Waals surface area contributed by atoms with Crippen LogP contribution in [-0.2, 0) is 11.3 Å². The fraction of sp³-hybridized carbons (Fsp3) is 0.400. The van der Waals surface area contributed by atoms with E-state index >= 15 is 0 Å². The van der Waals surface area contributed by atoms with E-state index < -0.39 is 0 Å². The Morgan fingerprint density at radius 2 is 2.30 bits per heavy atom. The number of rotatable bonds is 5. The summed E-state index contributed by atoms with van der Waals surface area (Å²) in [7, 11) is 0. The average molecular weight is 295 g/mol. The second-order valence-electron chi connectivity index (χ2n) is 4.74. The normalized spacial score (nSPS) is 16.4. The molecule has 20 heavy (non-hydrogen) atoms. The first kappa shape index (κ1) is 14.9. The minimum atomic E-state index is 0.124. The molecule has 1 fully saturated rings. The van der Waals surface area contributed by atoms with Gasteiger partial charge in [-0.15, -0.1) is 0 Å². The van der Waals surface area contributed by atoms with Gasteiger partial charge in [-0.25, -0.2) is 0 Å². The van der Waals surface area contributed by atoms with Crippen LogP contribution in [-0.4, -0.2) is 37.0 Å². The number of nitrogens with one attached hydrogen (secondary N) is 1. The van der Waals surface area contributed by atoms with Crippen LogP contribution in [0.4, 0.5) is 0 Å². The van der Waals surface area contributed by atoms with Crippen molar-refractivity contribution in [2.45, 2.75) is 13.0 Å². The fourth-order valence-electron chi connectivity index (χ4n) is 2.14. The Kier molecular flexibility index (Phi) is 5.44. The van der Waals surface area contributed by atoms with Crippen LogP contribution in [0.15, 0.2) is 30.9 Å². The molecule has 0 bridgehead atoms. The van der Waals surface area contributed by atoms with Gasteiger partial charge in [0.05, 0.1) is 5.02 Å². The summed E-state index contributed by atoms with van der Waals surface area (Å²) in [4.78, 5) is 13.5. The van der Waals surface area contributed by atoms with Crippen molar-refractivity contribution in [2.75, 3.05) is 26.2 Å². The van der Waals surface area contributed by atoms with Crippen LogP contribution >= 0.6 is 11.6 Å². The molecule has 2 rings (SSSR count). The molecule has 1 heterocycles. The zero-order valence-electron chi connectivity index (χ0n) is 11.4. The van der Waals surface area contributed by atoms with Crippen molar-refractivity contribution in [2.24, 2.45) is 0 Å². The monoisotopic (exact) mass is 294 g/mol. The zero-order valence-corrected chi connectivity index (χ0v) is 12.2. The predicted molar refractivity (Wildman–Crippen MR) is 80.0 cm³/mol. The number of hydrogen-bond donors (Lipinski definition) is 1. The summed E-state index contributed by atoms with van der Waals surface area (Å²) in [5, 5.41) is 3.47.